The normalized spacial score (nSPS) is 15.2. The molecule has 36 heavy (non-hydrogen) atoms. The SMILES string of the molecule is CCOC(=O)C1=C(C)N=c2sc(=Cc3ccc(OCC)cc3)c(=O)n2C1c1cc(OC)ccc1OC. The number of allylic oxidation sites excluding steroid dienone is 1. The average molecular weight is 509 g/mol. The number of hydrogen-bond donors (Lipinski definition) is 0. The molecule has 0 amide bonds. The molecule has 9 heteroatoms. The first-order valence-electron chi connectivity index (χ1n) is 11.6. The Labute approximate surface area is 212 Å². The van der Waals surface area contributed by atoms with E-state index in [4.69, 9.17) is 18.9 Å². The molecular formula is C27H28N2O6S. The van der Waals surface area contributed by atoms with E-state index in [0.717, 1.165) is 11.3 Å². The number of benzene rings is 2. The summed E-state index contributed by atoms with van der Waals surface area (Å²) in [6, 6.07) is 12.0. The molecule has 0 aliphatic carbocycles. The second-order valence-electron chi connectivity index (χ2n) is 7.91. The van der Waals surface area contributed by atoms with E-state index in [0.29, 0.717) is 38.7 Å². The molecule has 2 aromatic carbocycles. The number of esters is 1. The second-order valence-corrected chi connectivity index (χ2v) is 8.92. The molecule has 3 aromatic rings. The van der Waals surface area contributed by atoms with Gasteiger partial charge in [-0.1, -0.05) is 23.5 Å². The van der Waals surface area contributed by atoms with Gasteiger partial charge in [0.25, 0.3) is 5.56 Å². The summed E-state index contributed by atoms with van der Waals surface area (Å²) < 4.78 is 23.9. The molecule has 0 bridgehead atoms. The van der Waals surface area contributed by atoms with Gasteiger partial charge in [0.2, 0.25) is 0 Å². The summed E-state index contributed by atoms with van der Waals surface area (Å²) in [6.45, 7) is 6.18. The van der Waals surface area contributed by atoms with Crippen molar-refractivity contribution >= 4 is 23.4 Å². The minimum Gasteiger partial charge on any atom is -0.497 e. The number of fused-ring (bicyclic) bond motifs is 1. The standard InChI is InChI=1S/C27H28N2O6S/c1-6-34-18-10-8-17(9-11-18)14-22-25(30)29-24(20-15-19(32-4)12-13-21(20)33-5)23(26(31)35-7-2)16(3)28-27(29)36-22/h8-15,24H,6-7H2,1-5H3. The van der Waals surface area contributed by atoms with Crippen LogP contribution in [0.1, 0.15) is 37.9 Å². The molecule has 0 saturated heterocycles. The molecule has 188 valence electrons. The van der Waals surface area contributed by atoms with Gasteiger partial charge in [-0.15, -0.1) is 0 Å². The Bertz CT molecular complexity index is 1480. The van der Waals surface area contributed by atoms with Crippen LogP contribution in [0.5, 0.6) is 17.2 Å². The quantitative estimate of drug-likeness (QED) is 0.434. The molecule has 4 rings (SSSR count). The summed E-state index contributed by atoms with van der Waals surface area (Å²) in [5, 5.41) is 0. The number of thiazole rings is 1. The van der Waals surface area contributed by atoms with Crippen molar-refractivity contribution in [2.75, 3.05) is 27.4 Å². The van der Waals surface area contributed by atoms with Crippen molar-refractivity contribution in [1.29, 1.82) is 0 Å². The number of aromatic nitrogens is 1. The second kappa shape index (κ2) is 10.8. The van der Waals surface area contributed by atoms with Gasteiger partial charge in [0.15, 0.2) is 4.80 Å². The number of hydrogen-bond acceptors (Lipinski definition) is 8. The highest BCUT2D eigenvalue weighted by Gasteiger charge is 2.35. The van der Waals surface area contributed by atoms with Gasteiger partial charge in [-0.3, -0.25) is 9.36 Å². The third-order valence-electron chi connectivity index (χ3n) is 5.74. The van der Waals surface area contributed by atoms with E-state index in [1.807, 2.05) is 37.3 Å². The predicted octanol–water partition coefficient (Wildman–Crippen LogP) is 3.21. The number of rotatable bonds is 8. The highest BCUT2D eigenvalue weighted by molar-refractivity contribution is 7.07. The van der Waals surface area contributed by atoms with E-state index >= 15 is 0 Å². The van der Waals surface area contributed by atoms with Crippen LogP contribution >= 0.6 is 11.3 Å². The van der Waals surface area contributed by atoms with Crippen LogP contribution in [0.3, 0.4) is 0 Å². The third-order valence-corrected chi connectivity index (χ3v) is 6.72. The topological polar surface area (TPSA) is 88.4 Å². The zero-order chi connectivity index (χ0) is 25.8. The monoisotopic (exact) mass is 508 g/mol. The molecule has 8 nitrogen and oxygen atoms in total. The van der Waals surface area contributed by atoms with Gasteiger partial charge in [-0.2, -0.15) is 0 Å². The molecule has 2 heterocycles. The Morgan fingerprint density at radius 3 is 2.42 bits per heavy atom. The van der Waals surface area contributed by atoms with Crippen molar-refractivity contribution in [3.8, 4) is 17.2 Å². The molecule has 1 atom stereocenters. The van der Waals surface area contributed by atoms with Crippen molar-refractivity contribution in [3.63, 3.8) is 0 Å². The Morgan fingerprint density at radius 2 is 1.78 bits per heavy atom. The fourth-order valence-electron chi connectivity index (χ4n) is 4.12. The lowest BCUT2D eigenvalue weighted by molar-refractivity contribution is -0.139. The Balaban J connectivity index is 1.95. The summed E-state index contributed by atoms with van der Waals surface area (Å²) in [6.07, 6.45) is 1.81. The van der Waals surface area contributed by atoms with E-state index in [2.05, 4.69) is 4.99 Å². The molecular weight excluding hydrogens is 480 g/mol. The number of carbonyl (C=O) groups excluding carboxylic acids is 1. The molecule has 1 unspecified atom stereocenters. The van der Waals surface area contributed by atoms with Crippen molar-refractivity contribution in [1.82, 2.24) is 4.57 Å². The number of nitrogens with zero attached hydrogens (tertiary/aromatic N) is 2. The van der Waals surface area contributed by atoms with Gasteiger partial charge in [-0.05, 0) is 62.7 Å². The van der Waals surface area contributed by atoms with Crippen LogP contribution in [0.4, 0.5) is 0 Å². The van der Waals surface area contributed by atoms with E-state index in [1.165, 1.54) is 15.9 Å². The summed E-state index contributed by atoms with van der Waals surface area (Å²) in [5.74, 6) is 1.31. The van der Waals surface area contributed by atoms with Crippen LogP contribution in [0, 0.1) is 0 Å². The Kier molecular flexibility index (Phi) is 7.59. The molecule has 0 spiro atoms. The molecule has 0 fully saturated rings. The van der Waals surface area contributed by atoms with E-state index < -0.39 is 12.0 Å². The van der Waals surface area contributed by atoms with Gasteiger partial charge in [-0.25, -0.2) is 9.79 Å². The number of methoxy groups -OCH3 is 2. The first-order valence-corrected chi connectivity index (χ1v) is 12.4. The van der Waals surface area contributed by atoms with Crippen LogP contribution < -0.4 is 29.1 Å². The molecule has 1 aliphatic rings. The zero-order valence-electron chi connectivity index (χ0n) is 20.9. The van der Waals surface area contributed by atoms with Gasteiger partial charge in [0.1, 0.15) is 23.3 Å². The largest absolute Gasteiger partial charge is 0.497 e. The molecule has 0 saturated carbocycles. The zero-order valence-corrected chi connectivity index (χ0v) is 21.7. The van der Waals surface area contributed by atoms with Crippen LogP contribution in [0.15, 0.2) is 63.5 Å². The number of carbonyl (C=O) groups is 1. The van der Waals surface area contributed by atoms with E-state index in [-0.39, 0.29) is 17.7 Å². The first kappa shape index (κ1) is 25.2. The lowest BCUT2D eigenvalue weighted by Gasteiger charge is -2.26. The van der Waals surface area contributed by atoms with Crippen LogP contribution in [-0.4, -0.2) is 38.0 Å². The fourth-order valence-corrected chi connectivity index (χ4v) is 5.16. The maximum Gasteiger partial charge on any atom is 0.338 e. The fraction of sp³-hybridized carbons (Fsp3) is 0.296. The Morgan fingerprint density at radius 1 is 1.06 bits per heavy atom. The summed E-state index contributed by atoms with van der Waals surface area (Å²) >= 11 is 1.26. The summed E-state index contributed by atoms with van der Waals surface area (Å²) in [5.41, 5.74) is 1.95. The van der Waals surface area contributed by atoms with Gasteiger partial charge in [0.05, 0.1) is 43.2 Å². The lowest BCUT2D eigenvalue weighted by atomic mass is 9.94. The molecule has 1 aliphatic heterocycles. The predicted molar refractivity (Wildman–Crippen MR) is 138 cm³/mol. The van der Waals surface area contributed by atoms with Gasteiger partial charge >= 0.3 is 5.97 Å². The number of ether oxygens (including phenoxy) is 4. The smallest absolute Gasteiger partial charge is 0.338 e. The van der Waals surface area contributed by atoms with Crippen LogP contribution in [-0.2, 0) is 9.53 Å². The first-order chi connectivity index (χ1) is 17.4. The Hall–Kier alpha value is -3.85. The van der Waals surface area contributed by atoms with Crippen LogP contribution in [0.25, 0.3) is 6.08 Å². The summed E-state index contributed by atoms with van der Waals surface area (Å²) in [4.78, 5) is 32.0. The van der Waals surface area contributed by atoms with Gasteiger partial charge in [0, 0.05) is 5.56 Å². The minimum atomic E-state index is -0.798. The highest BCUT2D eigenvalue weighted by Crippen LogP contribution is 2.37. The van der Waals surface area contributed by atoms with E-state index in [1.54, 1.807) is 46.3 Å². The van der Waals surface area contributed by atoms with E-state index in [9.17, 15) is 9.59 Å². The van der Waals surface area contributed by atoms with Gasteiger partial charge < -0.3 is 18.9 Å². The van der Waals surface area contributed by atoms with Crippen molar-refractivity contribution in [2.24, 2.45) is 4.99 Å². The maximum absolute atomic E-state index is 13.8. The third kappa shape index (κ3) is 4.79. The molecule has 1 aromatic heterocycles. The highest BCUT2D eigenvalue weighted by atomic mass is 32.1. The molecule has 0 N–H and O–H groups in total. The minimum absolute atomic E-state index is 0.194. The lowest BCUT2D eigenvalue weighted by Crippen LogP contribution is -2.40. The van der Waals surface area contributed by atoms with Crippen molar-refractivity contribution < 1.29 is 23.7 Å². The van der Waals surface area contributed by atoms with Crippen LogP contribution in [0.2, 0.25) is 0 Å². The van der Waals surface area contributed by atoms with Crippen molar-refractivity contribution in [3.05, 3.63) is 84.5 Å². The van der Waals surface area contributed by atoms with Crippen molar-refractivity contribution in [2.45, 2.75) is 26.8 Å². The average Bonchev–Trinajstić information content (AvgIpc) is 3.18. The molecule has 0 radical (unpaired) electrons. The summed E-state index contributed by atoms with van der Waals surface area (Å²) in [7, 11) is 3.10. The maximum atomic E-state index is 13.8.